The van der Waals surface area contributed by atoms with Crippen LogP contribution in [0.1, 0.15) is 47.0 Å². The van der Waals surface area contributed by atoms with Crippen molar-refractivity contribution >= 4 is 15.3 Å². The van der Waals surface area contributed by atoms with Crippen molar-refractivity contribution in [3.8, 4) is 0 Å². The number of hydrogen-bond donors (Lipinski definition) is 0. The molecule has 0 amide bonds. The standard InChI is InChI=1S/C11H24S/c1-6-8-11(7-2)12(5)9-10(3)4/h10H,6-9H2,1-5H3. The first-order valence-corrected chi connectivity index (χ1v) is 6.89. The summed E-state index contributed by atoms with van der Waals surface area (Å²) in [6, 6.07) is 0. The first-order chi connectivity index (χ1) is 5.61. The highest BCUT2D eigenvalue weighted by atomic mass is 32.2. The molecule has 74 valence electrons. The predicted molar refractivity (Wildman–Crippen MR) is 63.4 cm³/mol. The Kier molecular flexibility index (Phi) is 6.83. The van der Waals surface area contributed by atoms with Crippen molar-refractivity contribution in [2.45, 2.75) is 47.0 Å². The largest absolute Gasteiger partial charge is 0.190 e. The van der Waals surface area contributed by atoms with Crippen molar-refractivity contribution in [1.82, 2.24) is 0 Å². The Balaban J connectivity index is 4.16. The van der Waals surface area contributed by atoms with Gasteiger partial charge < -0.3 is 0 Å². The van der Waals surface area contributed by atoms with E-state index in [4.69, 9.17) is 0 Å². The van der Waals surface area contributed by atoms with Gasteiger partial charge in [0.15, 0.2) is 0 Å². The van der Waals surface area contributed by atoms with Crippen LogP contribution in [0.3, 0.4) is 0 Å². The lowest BCUT2D eigenvalue weighted by Gasteiger charge is -2.12. The van der Waals surface area contributed by atoms with Gasteiger partial charge in [0.1, 0.15) is 0 Å². The molecule has 1 unspecified atom stereocenters. The first-order valence-electron chi connectivity index (χ1n) is 5.09. The molecule has 0 aromatic carbocycles. The van der Waals surface area contributed by atoms with Gasteiger partial charge in [-0.3, -0.25) is 0 Å². The Hall–Kier alpha value is 0.220. The van der Waals surface area contributed by atoms with Gasteiger partial charge in [0.25, 0.3) is 0 Å². The summed E-state index contributed by atoms with van der Waals surface area (Å²) < 4.78 is 0. The molecule has 0 aliphatic rings. The van der Waals surface area contributed by atoms with Crippen LogP contribution in [0.15, 0.2) is 0 Å². The molecular formula is C11H24S. The van der Waals surface area contributed by atoms with Crippen LogP contribution < -0.4 is 0 Å². The summed E-state index contributed by atoms with van der Waals surface area (Å²) in [5.74, 6) is 2.25. The van der Waals surface area contributed by atoms with Crippen LogP contribution in [0.25, 0.3) is 0 Å². The summed E-state index contributed by atoms with van der Waals surface area (Å²) >= 11 is 0. The third-order valence-electron chi connectivity index (χ3n) is 2.00. The second kappa shape index (κ2) is 6.71. The average Bonchev–Trinajstić information content (AvgIpc) is 1.98. The van der Waals surface area contributed by atoms with E-state index in [1.54, 1.807) is 4.86 Å². The van der Waals surface area contributed by atoms with Crippen molar-refractivity contribution in [3.05, 3.63) is 0 Å². The lowest BCUT2D eigenvalue weighted by atomic mass is 10.2. The zero-order valence-electron chi connectivity index (χ0n) is 9.31. The molecule has 0 radical (unpaired) electrons. The Labute approximate surface area is 80.7 Å². The van der Waals surface area contributed by atoms with E-state index in [2.05, 4.69) is 34.0 Å². The van der Waals surface area contributed by atoms with Gasteiger partial charge in [-0.2, -0.15) is 10.5 Å². The Morgan fingerprint density at radius 3 is 2.17 bits per heavy atom. The molecule has 0 saturated carbocycles. The highest BCUT2D eigenvalue weighted by Gasteiger charge is 2.00. The highest BCUT2D eigenvalue weighted by molar-refractivity contribution is 8.15. The smallest absolute Gasteiger partial charge is 0.00971 e. The fraction of sp³-hybridized carbons (Fsp3) is 0.909. The maximum Gasteiger partial charge on any atom is -0.00971 e. The molecular weight excluding hydrogens is 164 g/mol. The van der Waals surface area contributed by atoms with E-state index in [0.29, 0.717) is 10.5 Å². The predicted octanol–water partition coefficient (Wildman–Crippen LogP) is 3.92. The van der Waals surface area contributed by atoms with Crippen LogP contribution >= 0.6 is 10.5 Å². The van der Waals surface area contributed by atoms with E-state index in [9.17, 15) is 0 Å². The van der Waals surface area contributed by atoms with Crippen LogP contribution in [-0.2, 0) is 0 Å². The maximum atomic E-state index is 2.41. The monoisotopic (exact) mass is 188 g/mol. The minimum Gasteiger partial charge on any atom is -0.190 e. The zero-order chi connectivity index (χ0) is 9.56. The quantitative estimate of drug-likeness (QED) is 0.574. The maximum absolute atomic E-state index is 2.41. The third kappa shape index (κ3) is 4.97. The normalized spacial score (nSPS) is 15.0. The molecule has 0 fully saturated rings. The molecule has 0 aromatic heterocycles. The summed E-state index contributed by atoms with van der Waals surface area (Å²) in [5, 5.41) is 0. The van der Waals surface area contributed by atoms with Gasteiger partial charge in [0.2, 0.25) is 0 Å². The molecule has 1 heteroatoms. The topological polar surface area (TPSA) is 0 Å². The summed E-state index contributed by atoms with van der Waals surface area (Å²) in [7, 11) is 0.579. The Morgan fingerprint density at radius 1 is 1.25 bits per heavy atom. The summed E-state index contributed by atoms with van der Waals surface area (Å²) in [5.41, 5.74) is 0. The van der Waals surface area contributed by atoms with Crippen LogP contribution in [-0.4, -0.2) is 16.9 Å². The summed E-state index contributed by atoms with van der Waals surface area (Å²) in [6.07, 6.45) is 6.37. The third-order valence-corrected chi connectivity index (χ3v) is 4.64. The Bertz CT molecular complexity index is 145. The average molecular weight is 188 g/mol. The van der Waals surface area contributed by atoms with Gasteiger partial charge in [-0.05, 0) is 35.6 Å². The van der Waals surface area contributed by atoms with E-state index < -0.39 is 0 Å². The summed E-state index contributed by atoms with van der Waals surface area (Å²) in [6.45, 7) is 9.22. The van der Waals surface area contributed by atoms with Gasteiger partial charge >= 0.3 is 0 Å². The van der Waals surface area contributed by atoms with E-state index in [-0.39, 0.29) is 0 Å². The van der Waals surface area contributed by atoms with Crippen molar-refractivity contribution < 1.29 is 0 Å². The number of hydrogen-bond acceptors (Lipinski definition) is 0. The molecule has 1 atom stereocenters. The second-order valence-corrected chi connectivity index (χ2v) is 6.02. The minimum absolute atomic E-state index is 0.579. The fourth-order valence-electron chi connectivity index (χ4n) is 1.49. The molecule has 0 N–H and O–H groups in total. The molecule has 0 heterocycles. The van der Waals surface area contributed by atoms with E-state index in [1.165, 1.54) is 25.0 Å². The fourth-order valence-corrected chi connectivity index (χ4v) is 3.78. The first kappa shape index (κ1) is 12.2. The zero-order valence-corrected chi connectivity index (χ0v) is 10.1. The van der Waals surface area contributed by atoms with Crippen LogP contribution in [0, 0.1) is 5.92 Å². The van der Waals surface area contributed by atoms with E-state index >= 15 is 0 Å². The molecule has 12 heavy (non-hydrogen) atoms. The number of rotatable bonds is 5. The van der Waals surface area contributed by atoms with Gasteiger partial charge in [-0.15, -0.1) is 0 Å². The highest BCUT2D eigenvalue weighted by Crippen LogP contribution is 2.18. The molecule has 0 saturated heterocycles. The Morgan fingerprint density at radius 2 is 1.83 bits per heavy atom. The molecule has 0 nitrogen and oxygen atoms in total. The molecule has 0 bridgehead atoms. The van der Waals surface area contributed by atoms with Crippen LogP contribution in [0.4, 0.5) is 0 Å². The van der Waals surface area contributed by atoms with Crippen LogP contribution in [0.2, 0.25) is 0 Å². The van der Waals surface area contributed by atoms with Crippen LogP contribution in [0.5, 0.6) is 0 Å². The van der Waals surface area contributed by atoms with Gasteiger partial charge in [0, 0.05) is 0 Å². The molecule has 0 aliphatic carbocycles. The van der Waals surface area contributed by atoms with Gasteiger partial charge in [-0.25, -0.2) is 0 Å². The van der Waals surface area contributed by atoms with Crippen molar-refractivity contribution in [2.24, 2.45) is 5.92 Å². The molecule has 0 spiro atoms. The van der Waals surface area contributed by atoms with Crippen molar-refractivity contribution in [2.75, 3.05) is 12.0 Å². The van der Waals surface area contributed by atoms with Gasteiger partial charge in [-0.1, -0.05) is 34.1 Å². The van der Waals surface area contributed by atoms with Crippen molar-refractivity contribution in [3.63, 3.8) is 0 Å². The second-order valence-electron chi connectivity index (χ2n) is 3.84. The molecule has 0 rings (SSSR count). The molecule has 0 aromatic rings. The van der Waals surface area contributed by atoms with E-state index in [1.807, 2.05) is 0 Å². The lowest BCUT2D eigenvalue weighted by molar-refractivity contribution is 0.750. The molecule has 0 aliphatic heterocycles. The minimum atomic E-state index is 0.579. The van der Waals surface area contributed by atoms with E-state index in [0.717, 1.165) is 5.92 Å². The lowest BCUT2D eigenvalue weighted by Crippen LogP contribution is -2.01. The summed E-state index contributed by atoms with van der Waals surface area (Å²) in [4.78, 5) is 1.80. The SMILES string of the molecule is CCCC(CC)=S(C)CC(C)C. The van der Waals surface area contributed by atoms with Gasteiger partial charge in [0.05, 0.1) is 0 Å². The van der Waals surface area contributed by atoms with Crippen molar-refractivity contribution in [1.29, 1.82) is 0 Å².